The van der Waals surface area contributed by atoms with Crippen LogP contribution in [0.5, 0.6) is 0 Å². The van der Waals surface area contributed by atoms with Gasteiger partial charge in [0, 0.05) is 0 Å². The fraction of sp³-hybridized carbons (Fsp3) is 0.889. The van der Waals surface area contributed by atoms with Crippen molar-refractivity contribution in [3.05, 3.63) is 0 Å². The van der Waals surface area contributed by atoms with Crippen LogP contribution >= 0.6 is 0 Å². The van der Waals surface area contributed by atoms with Gasteiger partial charge in [-0.25, -0.2) is 0 Å². The zero-order valence-electron chi connectivity index (χ0n) is 8.29. The van der Waals surface area contributed by atoms with Crippen LogP contribution in [-0.2, 0) is 4.79 Å². The molecule has 0 bridgehead atoms. The summed E-state index contributed by atoms with van der Waals surface area (Å²) in [5.41, 5.74) is 0. The highest BCUT2D eigenvalue weighted by atomic mass is 16.3. The molecule has 3 nitrogen and oxygen atoms in total. The van der Waals surface area contributed by atoms with Crippen LogP contribution in [0, 0.1) is 5.92 Å². The van der Waals surface area contributed by atoms with E-state index in [4.69, 9.17) is 0 Å². The third-order valence-corrected chi connectivity index (χ3v) is 1.67. The molecule has 0 radical (unpaired) electrons. The summed E-state index contributed by atoms with van der Waals surface area (Å²) >= 11 is 0. The summed E-state index contributed by atoms with van der Waals surface area (Å²) in [5, 5.41) is 12.2. The second-order valence-electron chi connectivity index (χ2n) is 3.63. The van der Waals surface area contributed by atoms with Crippen LogP contribution in [0.3, 0.4) is 0 Å². The van der Waals surface area contributed by atoms with Crippen molar-refractivity contribution in [1.82, 2.24) is 5.32 Å². The predicted octanol–water partition coefficient (Wildman–Crippen LogP) is 0.570. The normalized spacial score (nSPS) is 16.2. The van der Waals surface area contributed by atoms with Gasteiger partial charge >= 0.3 is 0 Å². The molecular weight excluding hydrogens is 154 g/mol. The molecule has 2 atom stereocenters. The molecule has 0 aliphatic carbocycles. The highest BCUT2D eigenvalue weighted by Crippen LogP contribution is 1.96. The number of carbonyl (C=O) groups is 1. The Labute approximate surface area is 74.2 Å². The fourth-order valence-corrected chi connectivity index (χ4v) is 1.02. The van der Waals surface area contributed by atoms with E-state index in [1.54, 1.807) is 6.92 Å². The molecule has 0 amide bonds. The van der Waals surface area contributed by atoms with Gasteiger partial charge in [0.15, 0.2) is 0 Å². The first-order valence-electron chi connectivity index (χ1n) is 4.37. The van der Waals surface area contributed by atoms with Crippen molar-refractivity contribution < 1.29 is 9.90 Å². The quantitative estimate of drug-likeness (QED) is 0.639. The molecule has 12 heavy (non-hydrogen) atoms. The maximum absolute atomic E-state index is 11.0. The number of ketones is 1. The fourth-order valence-electron chi connectivity index (χ4n) is 1.02. The first-order chi connectivity index (χ1) is 5.45. The number of aliphatic hydroxyl groups excluding tert-OH is 1. The average molecular weight is 173 g/mol. The lowest BCUT2D eigenvalue weighted by Crippen LogP contribution is -2.45. The van der Waals surface area contributed by atoms with E-state index in [9.17, 15) is 9.90 Å². The van der Waals surface area contributed by atoms with Gasteiger partial charge in [-0.15, -0.1) is 0 Å². The van der Waals surface area contributed by atoms with E-state index in [1.165, 1.54) is 6.92 Å². The van der Waals surface area contributed by atoms with E-state index >= 15 is 0 Å². The van der Waals surface area contributed by atoms with Gasteiger partial charge in [-0.05, 0) is 26.3 Å². The number of hydrogen-bond acceptors (Lipinski definition) is 3. The lowest BCUT2D eigenvalue weighted by Gasteiger charge is -2.19. The topological polar surface area (TPSA) is 49.3 Å². The summed E-state index contributed by atoms with van der Waals surface area (Å²) in [6, 6.07) is -0.410. The number of Topliss-reactive ketones (excluding diaryl/α,β-unsaturated/α-hetero) is 1. The largest absolute Gasteiger partial charge is 0.391 e. The summed E-state index contributed by atoms with van der Waals surface area (Å²) in [5.74, 6) is 0.483. The second kappa shape index (κ2) is 5.27. The highest BCUT2D eigenvalue weighted by molar-refractivity contribution is 5.82. The smallest absolute Gasteiger partial charge is 0.149 e. The van der Waals surface area contributed by atoms with Gasteiger partial charge in [0.1, 0.15) is 5.78 Å². The van der Waals surface area contributed by atoms with E-state index in [1.807, 2.05) is 0 Å². The Bertz CT molecular complexity index is 143. The lowest BCUT2D eigenvalue weighted by atomic mass is 10.1. The Hall–Kier alpha value is -0.410. The molecule has 2 N–H and O–H groups in total. The number of nitrogens with one attached hydrogen (secondary N) is 1. The predicted molar refractivity (Wildman–Crippen MR) is 49.0 cm³/mol. The van der Waals surface area contributed by atoms with Crippen molar-refractivity contribution in [3.63, 3.8) is 0 Å². The molecule has 0 spiro atoms. The van der Waals surface area contributed by atoms with E-state index in [0.717, 1.165) is 6.54 Å². The van der Waals surface area contributed by atoms with Crippen LogP contribution < -0.4 is 5.32 Å². The SMILES string of the molecule is CC(=O)[C@@H](NCC(C)C)C(C)O. The summed E-state index contributed by atoms with van der Waals surface area (Å²) in [6.07, 6.45) is -0.610. The number of hydrogen-bond donors (Lipinski definition) is 2. The van der Waals surface area contributed by atoms with Crippen molar-refractivity contribution in [1.29, 1.82) is 0 Å². The van der Waals surface area contributed by atoms with Gasteiger partial charge in [0.2, 0.25) is 0 Å². The zero-order chi connectivity index (χ0) is 9.72. The van der Waals surface area contributed by atoms with Crippen molar-refractivity contribution in [2.75, 3.05) is 6.54 Å². The van der Waals surface area contributed by atoms with Gasteiger partial charge in [0.25, 0.3) is 0 Å². The molecule has 0 fully saturated rings. The minimum Gasteiger partial charge on any atom is -0.391 e. The van der Waals surface area contributed by atoms with Crippen LogP contribution in [0.1, 0.15) is 27.7 Å². The van der Waals surface area contributed by atoms with E-state index in [-0.39, 0.29) is 5.78 Å². The molecule has 0 rings (SSSR count). The Morgan fingerprint density at radius 2 is 1.92 bits per heavy atom. The maximum Gasteiger partial charge on any atom is 0.149 e. The average Bonchev–Trinajstić information content (AvgIpc) is 1.84. The van der Waals surface area contributed by atoms with Crippen molar-refractivity contribution >= 4 is 5.78 Å². The minimum atomic E-state index is -0.610. The molecule has 3 heteroatoms. The minimum absolute atomic E-state index is 0.00866. The van der Waals surface area contributed by atoms with Gasteiger partial charge < -0.3 is 10.4 Å². The van der Waals surface area contributed by atoms with E-state index < -0.39 is 12.1 Å². The number of carbonyl (C=O) groups excluding carboxylic acids is 1. The molecule has 0 aromatic heterocycles. The molecule has 1 unspecified atom stereocenters. The molecule has 0 saturated carbocycles. The standard InChI is InChI=1S/C9H19NO2/c1-6(2)5-10-9(7(3)11)8(4)12/h6-7,9-11H,5H2,1-4H3/t7?,9-/m0/s1. The van der Waals surface area contributed by atoms with E-state index in [2.05, 4.69) is 19.2 Å². The van der Waals surface area contributed by atoms with Crippen LogP contribution in [0.15, 0.2) is 0 Å². The third kappa shape index (κ3) is 4.46. The molecule has 0 aromatic rings. The monoisotopic (exact) mass is 173 g/mol. The Morgan fingerprint density at radius 3 is 2.17 bits per heavy atom. The number of aliphatic hydroxyl groups is 1. The van der Waals surface area contributed by atoms with E-state index in [0.29, 0.717) is 5.92 Å². The molecule has 72 valence electrons. The Balaban J connectivity index is 3.88. The van der Waals surface area contributed by atoms with Gasteiger partial charge in [-0.2, -0.15) is 0 Å². The first kappa shape index (κ1) is 11.6. The zero-order valence-corrected chi connectivity index (χ0v) is 8.29. The second-order valence-corrected chi connectivity index (χ2v) is 3.63. The molecule has 0 aliphatic heterocycles. The Morgan fingerprint density at radius 1 is 1.42 bits per heavy atom. The Kier molecular flexibility index (Phi) is 5.09. The van der Waals surface area contributed by atoms with Crippen LogP contribution in [0.25, 0.3) is 0 Å². The maximum atomic E-state index is 11.0. The van der Waals surface area contributed by atoms with Crippen molar-refractivity contribution in [3.8, 4) is 0 Å². The summed E-state index contributed by atoms with van der Waals surface area (Å²) < 4.78 is 0. The van der Waals surface area contributed by atoms with Gasteiger partial charge in [-0.1, -0.05) is 13.8 Å². The molecule has 0 heterocycles. The van der Waals surface area contributed by atoms with Crippen molar-refractivity contribution in [2.45, 2.75) is 39.8 Å². The van der Waals surface area contributed by atoms with Gasteiger partial charge in [-0.3, -0.25) is 4.79 Å². The molecule has 0 aliphatic rings. The highest BCUT2D eigenvalue weighted by Gasteiger charge is 2.18. The van der Waals surface area contributed by atoms with Crippen LogP contribution in [-0.4, -0.2) is 29.6 Å². The lowest BCUT2D eigenvalue weighted by molar-refractivity contribution is -0.121. The molecule has 0 saturated heterocycles. The first-order valence-corrected chi connectivity index (χ1v) is 4.37. The van der Waals surface area contributed by atoms with Crippen molar-refractivity contribution in [2.24, 2.45) is 5.92 Å². The van der Waals surface area contributed by atoms with Crippen LogP contribution in [0.4, 0.5) is 0 Å². The molecule has 0 aromatic carbocycles. The third-order valence-electron chi connectivity index (χ3n) is 1.67. The molecular formula is C9H19NO2. The van der Waals surface area contributed by atoms with Gasteiger partial charge in [0.05, 0.1) is 12.1 Å². The summed E-state index contributed by atoms with van der Waals surface area (Å²) in [7, 11) is 0. The van der Waals surface area contributed by atoms with Crippen LogP contribution in [0.2, 0.25) is 0 Å². The summed E-state index contributed by atoms with van der Waals surface area (Å²) in [4.78, 5) is 11.0. The summed E-state index contributed by atoms with van der Waals surface area (Å²) in [6.45, 7) is 8.00. The number of rotatable bonds is 5.